The van der Waals surface area contributed by atoms with Crippen LogP contribution in [0, 0.1) is 0 Å². The van der Waals surface area contributed by atoms with E-state index in [9.17, 15) is 4.79 Å². The Bertz CT molecular complexity index is 567. The molecule has 0 spiro atoms. The van der Waals surface area contributed by atoms with Gasteiger partial charge < -0.3 is 16.0 Å². The molecule has 2 aromatic heterocycles. The fraction of sp³-hybridized carbons (Fsp3) is 0.300. The Morgan fingerprint density at radius 2 is 2.26 bits per heavy atom. The van der Waals surface area contributed by atoms with Crippen molar-refractivity contribution in [3.05, 3.63) is 18.5 Å². The number of primary amides is 1. The van der Waals surface area contributed by atoms with E-state index in [4.69, 9.17) is 5.73 Å². The smallest absolute Gasteiger partial charge is 0.257 e. The molecule has 100 valence electrons. The molecule has 0 aromatic carbocycles. The standard InChI is InChI=1S/C10H14N8O/c1-12-8-14-9(17(2)6-7(11)19)16-10(15-8)18-5-3-4-13-18/h3-5H,6H2,1-2H3,(H2,11,19)(H,12,14,15,16). The number of aromatic nitrogens is 5. The number of nitrogens with zero attached hydrogens (tertiary/aromatic N) is 6. The van der Waals surface area contributed by atoms with E-state index in [2.05, 4.69) is 25.4 Å². The van der Waals surface area contributed by atoms with Crippen molar-refractivity contribution >= 4 is 17.8 Å². The van der Waals surface area contributed by atoms with E-state index >= 15 is 0 Å². The molecule has 0 aliphatic carbocycles. The van der Waals surface area contributed by atoms with Crippen molar-refractivity contribution in [2.75, 3.05) is 30.9 Å². The fourth-order valence-corrected chi connectivity index (χ4v) is 1.43. The van der Waals surface area contributed by atoms with Crippen LogP contribution < -0.4 is 16.0 Å². The fourth-order valence-electron chi connectivity index (χ4n) is 1.43. The van der Waals surface area contributed by atoms with Crippen LogP contribution in [-0.4, -0.2) is 51.3 Å². The van der Waals surface area contributed by atoms with Crippen LogP contribution >= 0.6 is 0 Å². The SMILES string of the molecule is CNc1nc(N(C)CC(N)=O)nc(-n2cccn2)n1. The quantitative estimate of drug-likeness (QED) is 0.711. The Kier molecular flexibility index (Phi) is 3.55. The number of anilines is 2. The lowest BCUT2D eigenvalue weighted by Gasteiger charge is -2.16. The lowest BCUT2D eigenvalue weighted by atomic mass is 10.5. The highest BCUT2D eigenvalue weighted by atomic mass is 16.1. The van der Waals surface area contributed by atoms with Crippen molar-refractivity contribution in [2.24, 2.45) is 5.73 Å². The molecule has 0 saturated heterocycles. The first-order chi connectivity index (χ1) is 9.10. The van der Waals surface area contributed by atoms with Crippen molar-refractivity contribution in [3.63, 3.8) is 0 Å². The maximum Gasteiger partial charge on any atom is 0.257 e. The molecule has 2 aromatic rings. The first kappa shape index (κ1) is 12.7. The van der Waals surface area contributed by atoms with Gasteiger partial charge in [-0.05, 0) is 6.07 Å². The van der Waals surface area contributed by atoms with Gasteiger partial charge in [0, 0.05) is 26.5 Å². The summed E-state index contributed by atoms with van der Waals surface area (Å²) < 4.78 is 1.50. The van der Waals surface area contributed by atoms with Crippen molar-refractivity contribution in [1.29, 1.82) is 0 Å². The van der Waals surface area contributed by atoms with Gasteiger partial charge in [-0.15, -0.1) is 0 Å². The van der Waals surface area contributed by atoms with E-state index in [-0.39, 0.29) is 6.54 Å². The summed E-state index contributed by atoms with van der Waals surface area (Å²) in [5.41, 5.74) is 5.15. The third-order valence-corrected chi connectivity index (χ3v) is 2.28. The molecule has 1 amide bonds. The van der Waals surface area contributed by atoms with Gasteiger partial charge in [-0.1, -0.05) is 0 Å². The molecule has 0 aliphatic rings. The lowest BCUT2D eigenvalue weighted by Crippen LogP contribution is -2.32. The number of carbonyl (C=O) groups excluding carboxylic acids is 1. The predicted octanol–water partition coefficient (Wildman–Crippen LogP) is -0.979. The summed E-state index contributed by atoms with van der Waals surface area (Å²) >= 11 is 0. The number of amides is 1. The molecule has 2 heterocycles. The molecule has 0 atom stereocenters. The maximum atomic E-state index is 10.9. The van der Waals surface area contributed by atoms with Crippen LogP contribution in [0.3, 0.4) is 0 Å². The summed E-state index contributed by atoms with van der Waals surface area (Å²) in [5.74, 6) is 0.612. The summed E-state index contributed by atoms with van der Waals surface area (Å²) in [6, 6.07) is 1.76. The third-order valence-electron chi connectivity index (χ3n) is 2.28. The van der Waals surface area contributed by atoms with Gasteiger partial charge in [-0.25, -0.2) is 4.68 Å². The number of likely N-dealkylation sites (N-methyl/N-ethyl adjacent to an activating group) is 1. The summed E-state index contributed by atoms with van der Waals surface area (Å²) in [6.45, 7) is 0.0196. The minimum atomic E-state index is -0.463. The molecular formula is C10H14N8O. The molecule has 0 radical (unpaired) electrons. The van der Waals surface area contributed by atoms with Gasteiger partial charge in [-0.3, -0.25) is 4.79 Å². The Hall–Kier alpha value is -2.71. The Labute approximate surface area is 109 Å². The second-order valence-electron chi connectivity index (χ2n) is 3.78. The maximum absolute atomic E-state index is 10.9. The molecule has 0 unspecified atom stereocenters. The zero-order valence-corrected chi connectivity index (χ0v) is 10.6. The molecule has 19 heavy (non-hydrogen) atoms. The minimum absolute atomic E-state index is 0.0196. The highest BCUT2D eigenvalue weighted by molar-refractivity contribution is 5.78. The van der Waals surface area contributed by atoms with Gasteiger partial charge in [0.25, 0.3) is 5.95 Å². The number of nitrogens with one attached hydrogen (secondary N) is 1. The number of hydrogen-bond donors (Lipinski definition) is 2. The molecule has 9 nitrogen and oxygen atoms in total. The van der Waals surface area contributed by atoms with E-state index in [0.29, 0.717) is 17.8 Å². The number of rotatable bonds is 5. The van der Waals surface area contributed by atoms with E-state index in [1.54, 1.807) is 32.6 Å². The van der Waals surface area contributed by atoms with Crippen LogP contribution in [0.5, 0.6) is 0 Å². The summed E-state index contributed by atoms with van der Waals surface area (Å²) in [5, 5.41) is 6.88. The van der Waals surface area contributed by atoms with Crippen molar-refractivity contribution in [1.82, 2.24) is 24.7 Å². The Morgan fingerprint density at radius 1 is 1.47 bits per heavy atom. The van der Waals surface area contributed by atoms with Gasteiger partial charge in [0.2, 0.25) is 17.8 Å². The number of hydrogen-bond acceptors (Lipinski definition) is 7. The monoisotopic (exact) mass is 262 g/mol. The van der Waals surface area contributed by atoms with Gasteiger partial charge in [0.15, 0.2) is 0 Å². The van der Waals surface area contributed by atoms with Crippen LogP contribution in [0.1, 0.15) is 0 Å². The summed E-state index contributed by atoms with van der Waals surface area (Å²) in [6.07, 6.45) is 3.34. The third kappa shape index (κ3) is 2.94. The van der Waals surface area contributed by atoms with E-state index in [1.807, 2.05) is 0 Å². The largest absolute Gasteiger partial charge is 0.368 e. The molecule has 9 heteroatoms. The molecular weight excluding hydrogens is 248 g/mol. The second-order valence-corrected chi connectivity index (χ2v) is 3.78. The van der Waals surface area contributed by atoms with Crippen LogP contribution in [0.15, 0.2) is 18.5 Å². The van der Waals surface area contributed by atoms with Crippen LogP contribution in [0.25, 0.3) is 5.95 Å². The highest BCUT2D eigenvalue weighted by Crippen LogP contribution is 2.11. The average molecular weight is 262 g/mol. The summed E-state index contributed by atoms with van der Waals surface area (Å²) in [7, 11) is 3.37. The molecule has 0 bridgehead atoms. The number of carbonyl (C=O) groups is 1. The Morgan fingerprint density at radius 3 is 2.84 bits per heavy atom. The zero-order valence-electron chi connectivity index (χ0n) is 10.6. The van der Waals surface area contributed by atoms with Crippen LogP contribution in [-0.2, 0) is 4.79 Å². The predicted molar refractivity (Wildman–Crippen MR) is 69.0 cm³/mol. The van der Waals surface area contributed by atoms with Crippen LogP contribution in [0.4, 0.5) is 11.9 Å². The number of nitrogens with two attached hydrogens (primary N) is 1. The Balaban J connectivity index is 2.38. The van der Waals surface area contributed by atoms with Crippen molar-refractivity contribution < 1.29 is 4.79 Å². The molecule has 0 saturated carbocycles. The molecule has 3 N–H and O–H groups in total. The second kappa shape index (κ2) is 5.29. The topological polar surface area (TPSA) is 115 Å². The lowest BCUT2D eigenvalue weighted by molar-refractivity contribution is -0.116. The average Bonchev–Trinajstić information content (AvgIpc) is 2.91. The molecule has 0 fully saturated rings. The summed E-state index contributed by atoms with van der Waals surface area (Å²) in [4.78, 5) is 25.0. The van der Waals surface area contributed by atoms with Gasteiger partial charge in [-0.2, -0.15) is 20.1 Å². The van der Waals surface area contributed by atoms with Gasteiger partial charge >= 0.3 is 0 Å². The highest BCUT2D eigenvalue weighted by Gasteiger charge is 2.12. The first-order valence-electron chi connectivity index (χ1n) is 5.53. The normalized spacial score (nSPS) is 10.2. The zero-order chi connectivity index (χ0) is 13.8. The van der Waals surface area contributed by atoms with E-state index < -0.39 is 5.91 Å². The van der Waals surface area contributed by atoms with E-state index in [1.165, 1.54) is 9.58 Å². The van der Waals surface area contributed by atoms with Crippen molar-refractivity contribution in [2.45, 2.75) is 0 Å². The van der Waals surface area contributed by atoms with Crippen LogP contribution in [0.2, 0.25) is 0 Å². The minimum Gasteiger partial charge on any atom is -0.368 e. The molecule has 2 rings (SSSR count). The van der Waals surface area contributed by atoms with Gasteiger partial charge in [0.05, 0.1) is 6.54 Å². The molecule has 0 aliphatic heterocycles. The van der Waals surface area contributed by atoms with Crippen molar-refractivity contribution in [3.8, 4) is 5.95 Å². The first-order valence-corrected chi connectivity index (χ1v) is 5.53. The van der Waals surface area contributed by atoms with E-state index in [0.717, 1.165) is 0 Å². The van der Waals surface area contributed by atoms with Gasteiger partial charge in [0.1, 0.15) is 0 Å².